The van der Waals surface area contributed by atoms with Gasteiger partial charge < -0.3 is 10.2 Å². The molecule has 0 spiro atoms. The van der Waals surface area contributed by atoms with E-state index in [1.807, 2.05) is 0 Å². The molecule has 19 heavy (non-hydrogen) atoms. The van der Waals surface area contributed by atoms with Gasteiger partial charge in [0.15, 0.2) is 0 Å². The van der Waals surface area contributed by atoms with Crippen LogP contribution in [0.1, 0.15) is 45.2 Å². The molecule has 0 radical (unpaired) electrons. The minimum absolute atomic E-state index is 0.360. The van der Waals surface area contributed by atoms with Crippen molar-refractivity contribution in [1.29, 1.82) is 0 Å². The quantitative estimate of drug-likeness (QED) is 0.754. The molecule has 0 aliphatic heterocycles. The number of nitrogens with one attached hydrogen (secondary N) is 1. The van der Waals surface area contributed by atoms with Crippen molar-refractivity contribution >= 4 is 0 Å². The number of hydrogen-bond donors (Lipinski definition) is 1. The van der Waals surface area contributed by atoms with E-state index < -0.39 is 0 Å². The molecule has 108 valence electrons. The Labute approximate surface area is 119 Å². The lowest BCUT2D eigenvalue weighted by Gasteiger charge is -2.26. The second kappa shape index (κ2) is 7.66. The maximum absolute atomic E-state index is 3.43. The highest BCUT2D eigenvalue weighted by Crippen LogP contribution is 2.16. The Bertz CT molecular complexity index is 349. The molecule has 0 bridgehead atoms. The Kier molecular flexibility index (Phi) is 6.53. The number of benzene rings is 1. The molecule has 2 nitrogen and oxygen atoms in total. The summed E-state index contributed by atoms with van der Waals surface area (Å²) in [5, 5.41) is 3.43. The van der Waals surface area contributed by atoms with Crippen molar-refractivity contribution in [3.63, 3.8) is 0 Å². The first-order valence-electron chi connectivity index (χ1n) is 7.38. The van der Waals surface area contributed by atoms with E-state index in [1.54, 1.807) is 0 Å². The molecule has 0 aliphatic rings. The van der Waals surface area contributed by atoms with Gasteiger partial charge in [-0.05, 0) is 36.6 Å². The van der Waals surface area contributed by atoms with Crippen molar-refractivity contribution in [1.82, 2.24) is 10.2 Å². The number of rotatable bonds is 7. The molecule has 0 saturated carbocycles. The predicted octanol–water partition coefficient (Wildman–Crippen LogP) is 3.66. The standard InChI is InChI=1S/C17H30N2/c1-6-11-18-12-15-7-9-16(10-8-15)13-19(5)14-17(2,3)4/h7-10,18H,6,11-14H2,1-5H3. The summed E-state index contributed by atoms with van der Waals surface area (Å²) in [6.45, 7) is 13.3. The van der Waals surface area contributed by atoms with E-state index in [1.165, 1.54) is 17.5 Å². The molecule has 0 saturated heterocycles. The average Bonchev–Trinajstić information content (AvgIpc) is 2.29. The minimum atomic E-state index is 0.360. The van der Waals surface area contributed by atoms with Crippen molar-refractivity contribution in [2.75, 3.05) is 20.1 Å². The summed E-state index contributed by atoms with van der Waals surface area (Å²) in [7, 11) is 2.20. The normalized spacial score (nSPS) is 12.1. The Morgan fingerprint density at radius 1 is 1.05 bits per heavy atom. The van der Waals surface area contributed by atoms with Crippen LogP contribution in [-0.2, 0) is 13.1 Å². The van der Waals surface area contributed by atoms with Crippen LogP contribution in [0.4, 0.5) is 0 Å². The van der Waals surface area contributed by atoms with Gasteiger partial charge in [0, 0.05) is 19.6 Å². The molecule has 1 rings (SSSR count). The van der Waals surface area contributed by atoms with E-state index >= 15 is 0 Å². The third-order valence-corrected chi connectivity index (χ3v) is 2.98. The van der Waals surface area contributed by atoms with E-state index in [4.69, 9.17) is 0 Å². The highest BCUT2D eigenvalue weighted by Gasteiger charge is 2.13. The van der Waals surface area contributed by atoms with Crippen LogP contribution in [0.3, 0.4) is 0 Å². The molecule has 1 aromatic carbocycles. The Morgan fingerprint density at radius 3 is 2.16 bits per heavy atom. The zero-order valence-electron chi connectivity index (χ0n) is 13.3. The van der Waals surface area contributed by atoms with E-state index in [9.17, 15) is 0 Å². The maximum atomic E-state index is 3.43. The third kappa shape index (κ3) is 7.34. The lowest BCUT2D eigenvalue weighted by Crippen LogP contribution is -2.28. The van der Waals surface area contributed by atoms with Gasteiger partial charge in [-0.15, -0.1) is 0 Å². The molecule has 0 unspecified atom stereocenters. The molecule has 1 N–H and O–H groups in total. The summed E-state index contributed by atoms with van der Waals surface area (Å²) >= 11 is 0. The van der Waals surface area contributed by atoms with Crippen LogP contribution in [0.2, 0.25) is 0 Å². The summed E-state index contributed by atoms with van der Waals surface area (Å²) in [5.41, 5.74) is 3.13. The molecule has 1 aromatic rings. The summed E-state index contributed by atoms with van der Waals surface area (Å²) in [4.78, 5) is 2.39. The van der Waals surface area contributed by atoms with Crippen LogP contribution in [-0.4, -0.2) is 25.0 Å². The van der Waals surface area contributed by atoms with Gasteiger partial charge in [0.1, 0.15) is 0 Å². The smallest absolute Gasteiger partial charge is 0.0230 e. The second-order valence-corrected chi connectivity index (χ2v) is 6.73. The average molecular weight is 262 g/mol. The Balaban J connectivity index is 2.43. The highest BCUT2D eigenvalue weighted by molar-refractivity contribution is 5.22. The monoisotopic (exact) mass is 262 g/mol. The highest BCUT2D eigenvalue weighted by atomic mass is 15.1. The molecule has 0 amide bonds. The summed E-state index contributed by atoms with van der Waals surface area (Å²) in [6, 6.07) is 8.98. The third-order valence-electron chi connectivity index (χ3n) is 2.98. The zero-order chi connectivity index (χ0) is 14.3. The van der Waals surface area contributed by atoms with Crippen LogP contribution >= 0.6 is 0 Å². The minimum Gasteiger partial charge on any atom is -0.313 e. The molecule has 0 heterocycles. The van der Waals surface area contributed by atoms with Crippen molar-refractivity contribution in [3.8, 4) is 0 Å². The summed E-state index contributed by atoms with van der Waals surface area (Å²) in [5.74, 6) is 0. The SMILES string of the molecule is CCCNCc1ccc(CN(C)CC(C)(C)C)cc1. The topological polar surface area (TPSA) is 15.3 Å². The van der Waals surface area contributed by atoms with Crippen LogP contribution in [0.15, 0.2) is 24.3 Å². The summed E-state index contributed by atoms with van der Waals surface area (Å²) in [6.07, 6.45) is 1.19. The van der Waals surface area contributed by atoms with Crippen molar-refractivity contribution < 1.29 is 0 Å². The van der Waals surface area contributed by atoms with Gasteiger partial charge in [0.05, 0.1) is 0 Å². The van der Waals surface area contributed by atoms with Crippen molar-refractivity contribution in [2.45, 2.75) is 47.2 Å². The fourth-order valence-electron chi connectivity index (χ4n) is 2.35. The second-order valence-electron chi connectivity index (χ2n) is 6.73. The lowest BCUT2D eigenvalue weighted by atomic mass is 9.96. The van der Waals surface area contributed by atoms with Crippen molar-refractivity contribution in [2.24, 2.45) is 5.41 Å². The fraction of sp³-hybridized carbons (Fsp3) is 0.647. The molecule has 0 aliphatic carbocycles. The number of hydrogen-bond acceptors (Lipinski definition) is 2. The molecule has 2 heteroatoms. The van der Waals surface area contributed by atoms with Gasteiger partial charge in [0.25, 0.3) is 0 Å². The van der Waals surface area contributed by atoms with Crippen LogP contribution in [0.25, 0.3) is 0 Å². The van der Waals surface area contributed by atoms with E-state index in [0.717, 1.165) is 26.2 Å². The first kappa shape index (κ1) is 16.2. The zero-order valence-corrected chi connectivity index (χ0v) is 13.3. The van der Waals surface area contributed by atoms with Gasteiger partial charge in [-0.25, -0.2) is 0 Å². The molecular weight excluding hydrogens is 232 g/mol. The first-order valence-corrected chi connectivity index (χ1v) is 7.38. The van der Waals surface area contributed by atoms with E-state index in [0.29, 0.717) is 5.41 Å². The Hall–Kier alpha value is -0.860. The molecule has 0 fully saturated rings. The first-order chi connectivity index (χ1) is 8.90. The predicted molar refractivity (Wildman–Crippen MR) is 84.2 cm³/mol. The summed E-state index contributed by atoms with van der Waals surface area (Å²) < 4.78 is 0. The van der Waals surface area contributed by atoms with Gasteiger partial charge >= 0.3 is 0 Å². The molecule has 0 atom stereocenters. The van der Waals surface area contributed by atoms with Crippen LogP contribution in [0, 0.1) is 5.41 Å². The lowest BCUT2D eigenvalue weighted by molar-refractivity contribution is 0.221. The van der Waals surface area contributed by atoms with Gasteiger partial charge in [-0.3, -0.25) is 0 Å². The van der Waals surface area contributed by atoms with Gasteiger partial charge in [-0.2, -0.15) is 0 Å². The van der Waals surface area contributed by atoms with E-state index in [2.05, 4.69) is 69.2 Å². The fourth-order valence-corrected chi connectivity index (χ4v) is 2.35. The number of nitrogens with zero attached hydrogens (tertiary/aromatic N) is 1. The van der Waals surface area contributed by atoms with Crippen LogP contribution in [0.5, 0.6) is 0 Å². The van der Waals surface area contributed by atoms with Crippen molar-refractivity contribution in [3.05, 3.63) is 35.4 Å². The molecular formula is C17H30N2. The largest absolute Gasteiger partial charge is 0.313 e. The maximum Gasteiger partial charge on any atom is 0.0230 e. The van der Waals surface area contributed by atoms with Crippen LogP contribution < -0.4 is 5.32 Å². The van der Waals surface area contributed by atoms with Gasteiger partial charge in [-0.1, -0.05) is 52.0 Å². The van der Waals surface area contributed by atoms with Gasteiger partial charge in [0.2, 0.25) is 0 Å². The Morgan fingerprint density at radius 2 is 1.63 bits per heavy atom. The van der Waals surface area contributed by atoms with E-state index in [-0.39, 0.29) is 0 Å². The molecule has 0 aromatic heterocycles.